The van der Waals surface area contributed by atoms with Gasteiger partial charge in [-0.15, -0.1) is 0 Å². The molecule has 0 aliphatic rings. The molecular formula is C18H19FN2O6S. The van der Waals surface area contributed by atoms with Crippen molar-refractivity contribution in [1.82, 2.24) is 4.72 Å². The number of ether oxygens (including phenoxy) is 1. The third-order valence-corrected chi connectivity index (χ3v) is 5.00. The van der Waals surface area contributed by atoms with Crippen molar-refractivity contribution in [3.63, 3.8) is 0 Å². The maximum Gasteiger partial charge on any atom is 0.327 e. The summed E-state index contributed by atoms with van der Waals surface area (Å²) in [6.07, 6.45) is -1.44. The lowest BCUT2D eigenvalue weighted by Gasteiger charge is -2.20. The average molecular weight is 410 g/mol. The number of sulfonamides is 1. The molecule has 0 aliphatic heterocycles. The van der Waals surface area contributed by atoms with Gasteiger partial charge in [0.15, 0.2) is 6.61 Å². The number of rotatable bonds is 8. The van der Waals surface area contributed by atoms with Crippen molar-refractivity contribution in [3.05, 3.63) is 60.4 Å². The molecule has 0 saturated carbocycles. The second-order valence-electron chi connectivity index (χ2n) is 5.82. The average Bonchev–Trinajstić information content (AvgIpc) is 2.65. The molecule has 0 fully saturated rings. The fourth-order valence-electron chi connectivity index (χ4n) is 2.14. The number of halogens is 1. The summed E-state index contributed by atoms with van der Waals surface area (Å²) in [5.41, 5.74) is 0.493. The van der Waals surface area contributed by atoms with Crippen molar-refractivity contribution in [2.75, 3.05) is 11.9 Å². The van der Waals surface area contributed by atoms with Gasteiger partial charge in [-0.3, -0.25) is 9.59 Å². The molecular weight excluding hydrogens is 391 g/mol. The Morgan fingerprint density at radius 2 is 1.71 bits per heavy atom. The summed E-state index contributed by atoms with van der Waals surface area (Å²) in [5.74, 6) is -2.40. The lowest BCUT2D eigenvalue weighted by atomic mass is 10.2. The summed E-state index contributed by atoms with van der Waals surface area (Å²) < 4.78 is 44.4. The number of amides is 1. The molecule has 0 spiro atoms. The third kappa shape index (κ3) is 6.12. The lowest BCUT2D eigenvalue weighted by Crippen LogP contribution is -2.48. The molecule has 1 amide bonds. The summed E-state index contributed by atoms with van der Waals surface area (Å²) in [5, 5.41) is 12.2. The molecule has 0 heterocycles. The van der Waals surface area contributed by atoms with E-state index in [0.717, 1.165) is 24.3 Å². The lowest BCUT2D eigenvalue weighted by molar-refractivity contribution is -0.151. The number of carbonyl (C=O) groups excluding carboxylic acids is 2. The van der Waals surface area contributed by atoms with Gasteiger partial charge < -0.3 is 15.2 Å². The van der Waals surface area contributed by atoms with Crippen LogP contribution in [0.25, 0.3) is 0 Å². The number of aliphatic hydroxyl groups excluding tert-OH is 1. The first-order valence-electron chi connectivity index (χ1n) is 8.16. The van der Waals surface area contributed by atoms with E-state index in [2.05, 4.69) is 5.32 Å². The Kier molecular flexibility index (Phi) is 7.21. The topological polar surface area (TPSA) is 122 Å². The van der Waals surface area contributed by atoms with Crippen LogP contribution < -0.4 is 10.0 Å². The highest BCUT2D eigenvalue weighted by Gasteiger charge is 2.31. The monoisotopic (exact) mass is 410 g/mol. The molecule has 3 N–H and O–H groups in total. The largest absolute Gasteiger partial charge is 0.454 e. The number of anilines is 1. The fourth-order valence-corrected chi connectivity index (χ4v) is 3.40. The van der Waals surface area contributed by atoms with Crippen LogP contribution in [0.5, 0.6) is 0 Å². The molecule has 150 valence electrons. The molecule has 2 aromatic carbocycles. The zero-order chi connectivity index (χ0) is 20.7. The Morgan fingerprint density at radius 3 is 2.29 bits per heavy atom. The number of benzene rings is 2. The van der Waals surface area contributed by atoms with Crippen molar-refractivity contribution < 1.29 is 32.2 Å². The van der Waals surface area contributed by atoms with Gasteiger partial charge in [0.05, 0.1) is 11.0 Å². The molecule has 0 aromatic heterocycles. The van der Waals surface area contributed by atoms with E-state index in [0.29, 0.717) is 5.69 Å². The summed E-state index contributed by atoms with van der Waals surface area (Å²) in [4.78, 5) is 23.7. The molecule has 2 rings (SSSR count). The smallest absolute Gasteiger partial charge is 0.327 e. The van der Waals surface area contributed by atoms with Crippen LogP contribution >= 0.6 is 0 Å². The van der Waals surface area contributed by atoms with Gasteiger partial charge in [-0.1, -0.05) is 18.2 Å². The van der Waals surface area contributed by atoms with Crippen LogP contribution in [0.15, 0.2) is 59.5 Å². The van der Waals surface area contributed by atoms with Gasteiger partial charge in [0.25, 0.3) is 5.91 Å². The normalized spacial score (nSPS) is 13.4. The van der Waals surface area contributed by atoms with E-state index in [9.17, 15) is 27.5 Å². The van der Waals surface area contributed by atoms with Crippen LogP contribution in [-0.4, -0.2) is 44.2 Å². The van der Waals surface area contributed by atoms with Crippen molar-refractivity contribution >= 4 is 27.6 Å². The summed E-state index contributed by atoms with van der Waals surface area (Å²) >= 11 is 0. The van der Waals surface area contributed by atoms with E-state index in [4.69, 9.17) is 4.74 Å². The maximum absolute atomic E-state index is 13.0. The van der Waals surface area contributed by atoms with Gasteiger partial charge in [0.2, 0.25) is 10.0 Å². The Balaban J connectivity index is 1.99. The number of hydrogen-bond donors (Lipinski definition) is 3. The fraction of sp³-hybridized carbons (Fsp3) is 0.222. The van der Waals surface area contributed by atoms with Crippen molar-refractivity contribution in [1.29, 1.82) is 0 Å². The van der Waals surface area contributed by atoms with E-state index < -0.39 is 46.5 Å². The van der Waals surface area contributed by atoms with Crippen molar-refractivity contribution in [2.24, 2.45) is 0 Å². The van der Waals surface area contributed by atoms with E-state index in [1.807, 2.05) is 4.72 Å². The zero-order valence-electron chi connectivity index (χ0n) is 14.8. The molecule has 0 saturated heterocycles. The van der Waals surface area contributed by atoms with Gasteiger partial charge in [0.1, 0.15) is 11.9 Å². The Hall–Kier alpha value is -2.82. The molecule has 8 nitrogen and oxygen atoms in total. The number of para-hydroxylation sites is 1. The molecule has 0 aliphatic carbocycles. The van der Waals surface area contributed by atoms with Gasteiger partial charge in [-0.2, -0.15) is 4.72 Å². The first kappa shape index (κ1) is 21.5. The minimum atomic E-state index is -4.23. The van der Waals surface area contributed by atoms with Crippen LogP contribution in [0, 0.1) is 5.82 Å². The third-order valence-electron chi connectivity index (χ3n) is 3.55. The predicted octanol–water partition coefficient (Wildman–Crippen LogP) is 1.04. The Labute approximate surface area is 161 Å². The highest BCUT2D eigenvalue weighted by Crippen LogP contribution is 2.12. The van der Waals surface area contributed by atoms with Crippen LogP contribution in [0.4, 0.5) is 10.1 Å². The van der Waals surface area contributed by atoms with Crippen LogP contribution in [0.3, 0.4) is 0 Å². The second kappa shape index (κ2) is 9.40. The zero-order valence-corrected chi connectivity index (χ0v) is 15.6. The number of nitrogens with one attached hydrogen (secondary N) is 2. The van der Waals surface area contributed by atoms with Gasteiger partial charge in [-0.25, -0.2) is 12.8 Å². The van der Waals surface area contributed by atoms with E-state index in [1.165, 1.54) is 6.92 Å². The highest BCUT2D eigenvalue weighted by molar-refractivity contribution is 7.89. The van der Waals surface area contributed by atoms with Gasteiger partial charge in [-0.05, 0) is 43.3 Å². The number of aliphatic hydroxyl groups is 1. The predicted molar refractivity (Wildman–Crippen MR) is 98.2 cm³/mol. The van der Waals surface area contributed by atoms with Crippen LogP contribution in [0.1, 0.15) is 6.92 Å². The quantitative estimate of drug-likeness (QED) is 0.559. The molecule has 0 unspecified atom stereocenters. The standard InChI is InChI=1S/C18H19FN2O6S/c1-12(22)17(21-28(25,26)15-9-7-13(19)8-10-15)18(24)27-11-16(23)20-14-5-3-2-4-6-14/h2-10,12,17,21-22H,11H2,1H3,(H,20,23)/t12-,17+/m1/s1. The number of carbonyl (C=O) groups is 2. The SMILES string of the molecule is C[C@@H](O)[C@H](NS(=O)(=O)c1ccc(F)cc1)C(=O)OCC(=O)Nc1ccccc1. The molecule has 0 radical (unpaired) electrons. The summed E-state index contributed by atoms with van der Waals surface area (Å²) in [6, 6.07) is 10.7. The maximum atomic E-state index is 13.0. The number of esters is 1. The van der Waals surface area contributed by atoms with Gasteiger partial charge >= 0.3 is 5.97 Å². The molecule has 10 heteroatoms. The summed E-state index contributed by atoms with van der Waals surface area (Å²) in [6.45, 7) is 0.512. The van der Waals surface area contributed by atoms with E-state index in [-0.39, 0.29) is 4.90 Å². The molecule has 2 aromatic rings. The van der Waals surface area contributed by atoms with Crippen LogP contribution in [-0.2, 0) is 24.3 Å². The highest BCUT2D eigenvalue weighted by atomic mass is 32.2. The van der Waals surface area contributed by atoms with Crippen LogP contribution in [0.2, 0.25) is 0 Å². The molecule has 2 atom stereocenters. The minimum Gasteiger partial charge on any atom is -0.454 e. The molecule has 28 heavy (non-hydrogen) atoms. The first-order valence-corrected chi connectivity index (χ1v) is 9.65. The van der Waals surface area contributed by atoms with Gasteiger partial charge in [0, 0.05) is 5.69 Å². The second-order valence-corrected chi connectivity index (χ2v) is 7.53. The minimum absolute atomic E-state index is 0.297. The van der Waals surface area contributed by atoms with Crippen molar-refractivity contribution in [2.45, 2.75) is 24.0 Å². The summed E-state index contributed by atoms with van der Waals surface area (Å²) in [7, 11) is -4.23. The first-order chi connectivity index (χ1) is 13.2. The van der Waals surface area contributed by atoms with E-state index >= 15 is 0 Å². The molecule has 0 bridgehead atoms. The van der Waals surface area contributed by atoms with E-state index in [1.54, 1.807) is 30.3 Å². The van der Waals surface area contributed by atoms with Crippen molar-refractivity contribution in [3.8, 4) is 0 Å². The Bertz CT molecular complexity index is 917. The Morgan fingerprint density at radius 1 is 1.11 bits per heavy atom. The number of hydrogen-bond acceptors (Lipinski definition) is 6.